The lowest BCUT2D eigenvalue weighted by Gasteiger charge is -2.25. The quantitative estimate of drug-likeness (QED) is 0.815. The van der Waals surface area contributed by atoms with Crippen molar-refractivity contribution in [1.29, 1.82) is 0 Å². The largest absolute Gasteiger partial charge is 0.349 e. The molecule has 94 valence electrons. The molecule has 0 aliphatic heterocycles. The van der Waals surface area contributed by atoms with Crippen molar-refractivity contribution in [3.05, 3.63) is 30.1 Å². The van der Waals surface area contributed by atoms with Crippen molar-refractivity contribution in [3.8, 4) is 0 Å². The summed E-state index contributed by atoms with van der Waals surface area (Å²) < 4.78 is 0. The third-order valence-corrected chi connectivity index (χ3v) is 2.92. The summed E-state index contributed by atoms with van der Waals surface area (Å²) in [7, 11) is 0. The first-order chi connectivity index (χ1) is 7.97. The van der Waals surface area contributed by atoms with Crippen molar-refractivity contribution < 1.29 is 4.79 Å². The number of carbonyl (C=O) groups is 1. The molecule has 1 aromatic rings. The van der Waals surface area contributed by atoms with Crippen molar-refractivity contribution >= 4 is 5.91 Å². The van der Waals surface area contributed by atoms with Crippen LogP contribution in [-0.4, -0.2) is 17.4 Å². The predicted molar refractivity (Wildman–Crippen MR) is 68.2 cm³/mol. The SMILES string of the molecule is C[C@H](NC(=O)C(C)(C)CCN)c1cccnc1. The van der Waals surface area contributed by atoms with Crippen LogP contribution in [0.25, 0.3) is 0 Å². The van der Waals surface area contributed by atoms with Crippen molar-refractivity contribution in [3.63, 3.8) is 0 Å². The van der Waals surface area contributed by atoms with E-state index in [1.54, 1.807) is 12.4 Å². The Morgan fingerprint density at radius 2 is 2.29 bits per heavy atom. The number of hydrogen-bond acceptors (Lipinski definition) is 3. The Balaban J connectivity index is 2.63. The fraction of sp³-hybridized carbons (Fsp3) is 0.538. The monoisotopic (exact) mass is 235 g/mol. The van der Waals surface area contributed by atoms with Gasteiger partial charge in [0.15, 0.2) is 0 Å². The zero-order chi connectivity index (χ0) is 12.9. The molecule has 17 heavy (non-hydrogen) atoms. The lowest BCUT2D eigenvalue weighted by atomic mass is 9.88. The van der Waals surface area contributed by atoms with E-state index >= 15 is 0 Å². The highest BCUT2D eigenvalue weighted by Crippen LogP contribution is 2.21. The molecule has 0 radical (unpaired) electrons. The molecule has 1 atom stereocenters. The van der Waals surface area contributed by atoms with Crippen LogP contribution in [0.15, 0.2) is 24.5 Å². The Bertz CT molecular complexity index is 362. The number of pyridine rings is 1. The molecule has 0 unspecified atom stereocenters. The average Bonchev–Trinajstić information content (AvgIpc) is 2.30. The second-order valence-electron chi connectivity index (χ2n) is 4.90. The van der Waals surface area contributed by atoms with Crippen LogP contribution < -0.4 is 11.1 Å². The second-order valence-corrected chi connectivity index (χ2v) is 4.90. The molecule has 0 aliphatic rings. The number of amides is 1. The number of hydrogen-bond donors (Lipinski definition) is 2. The van der Waals surface area contributed by atoms with Gasteiger partial charge in [-0.1, -0.05) is 19.9 Å². The molecule has 4 heteroatoms. The van der Waals surface area contributed by atoms with Gasteiger partial charge >= 0.3 is 0 Å². The van der Waals surface area contributed by atoms with Gasteiger partial charge in [0.2, 0.25) is 5.91 Å². The highest BCUT2D eigenvalue weighted by molar-refractivity contribution is 5.82. The molecule has 0 aliphatic carbocycles. The van der Waals surface area contributed by atoms with E-state index < -0.39 is 5.41 Å². The summed E-state index contributed by atoms with van der Waals surface area (Å²) in [5.41, 5.74) is 6.08. The fourth-order valence-electron chi connectivity index (χ4n) is 1.58. The van der Waals surface area contributed by atoms with Crippen LogP contribution in [0.5, 0.6) is 0 Å². The van der Waals surface area contributed by atoms with Gasteiger partial charge in [-0.3, -0.25) is 9.78 Å². The van der Waals surface area contributed by atoms with Gasteiger partial charge in [0.1, 0.15) is 0 Å². The molecule has 1 rings (SSSR count). The summed E-state index contributed by atoms with van der Waals surface area (Å²) in [4.78, 5) is 16.1. The van der Waals surface area contributed by atoms with E-state index in [1.807, 2.05) is 32.9 Å². The molecule has 0 aromatic carbocycles. The van der Waals surface area contributed by atoms with Gasteiger partial charge in [0, 0.05) is 17.8 Å². The van der Waals surface area contributed by atoms with Crippen LogP contribution >= 0.6 is 0 Å². The van der Waals surface area contributed by atoms with Crippen LogP contribution in [0.3, 0.4) is 0 Å². The van der Waals surface area contributed by atoms with Gasteiger partial charge < -0.3 is 11.1 Å². The first-order valence-corrected chi connectivity index (χ1v) is 5.88. The molecule has 1 amide bonds. The molecular weight excluding hydrogens is 214 g/mol. The topological polar surface area (TPSA) is 68.0 Å². The Labute approximate surface area is 103 Å². The van der Waals surface area contributed by atoms with Gasteiger partial charge in [0.25, 0.3) is 0 Å². The fourth-order valence-corrected chi connectivity index (χ4v) is 1.58. The van der Waals surface area contributed by atoms with Crippen molar-refractivity contribution in [1.82, 2.24) is 10.3 Å². The molecule has 4 nitrogen and oxygen atoms in total. The summed E-state index contributed by atoms with van der Waals surface area (Å²) in [6.07, 6.45) is 4.16. The van der Waals surface area contributed by atoms with Gasteiger partial charge in [-0.2, -0.15) is 0 Å². The summed E-state index contributed by atoms with van der Waals surface area (Å²) >= 11 is 0. The first-order valence-electron chi connectivity index (χ1n) is 5.88. The van der Waals surface area contributed by atoms with Crippen LogP contribution in [0.2, 0.25) is 0 Å². The number of nitrogens with zero attached hydrogens (tertiary/aromatic N) is 1. The van der Waals surface area contributed by atoms with Gasteiger partial charge in [-0.05, 0) is 31.5 Å². The maximum absolute atomic E-state index is 12.1. The summed E-state index contributed by atoms with van der Waals surface area (Å²) in [5, 5.41) is 2.99. The summed E-state index contributed by atoms with van der Waals surface area (Å²) in [5.74, 6) is 0.0271. The smallest absolute Gasteiger partial charge is 0.226 e. The van der Waals surface area contributed by atoms with Crippen LogP contribution in [0.1, 0.15) is 38.8 Å². The second kappa shape index (κ2) is 5.77. The van der Waals surface area contributed by atoms with Crippen LogP contribution in [-0.2, 0) is 4.79 Å². The third kappa shape index (κ3) is 3.82. The van der Waals surface area contributed by atoms with Gasteiger partial charge in [-0.15, -0.1) is 0 Å². The Morgan fingerprint density at radius 1 is 1.59 bits per heavy atom. The van der Waals surface area contributed by atoms with Crippen molar-refractivity contribution in [2.45, 2.75) is 33.2 Å². The summed E-state index contributed by atoms with van der Waals surface area (Å²) in [6.45, 7) is 6.28. The maximum atomic E-state index is 12.1. The molecule has 3 N–H and O–H groups in total. The van der Waals surface area contributed by atoms with E-state index in [4.69, 9.17) is 5.73 Å². The van der Waals surface area contributed by atoms with E-state index in [2.05, 4.69) is 10.3 Å². The number of nitrogens with two attached hydrogens (primary N) is 1. The van der Waals surface area contributed by atoms with Crippen LogP contribution in [0.4, 0.5) is 0 Å². The average molecular weight is 235 g/mol. The van der Waals surface area contributed by atoms with Gasteiger partial charge in [0.05, 0.1) is 6.04 Å². The van der Waals surface area contributed by atoms with Crippen LogP contribution in [0, 0.1) is 5.41 Å². The molecule has 0 fully saturated rings. The molecule has 0 spiro atoms. The van der Waals surface area contributed by atoms with E-state index in [-0.39, 0.29) is 11.9 Å². The minimum Gasteiger partial charge on any atom is -0.349 e. The minimum absolute atomic E-state index is 0.0271. The molecule has 1 heterocycles. The van der Waals surface area contributed by atoms with Gasteiger partial charge in [-0.25, -0.2) is 0 Å². The normalized spacial score (nSPS) is 13.2. The molecule has 0 saturated heterocycles. The number of rotatable bonds is 5. The zero-order valence-corrected chi connectivity index (χ0v) is 10.7. The lowest BCUT2D eigenvalue weighted by molar-refractivity contribution is -0.130. The Kier molecular flexibility index (Phi) is 4.63. The van der Waals surface area contributed by atoms with E-state index in [9.17, 15) is 4.79 Å². The number of aromatic nitrogens is 1. The molecule has 0 saturated carbocycles. The Morgan fingerprint density at radius 3 is 2.82 bits per heavy atom. The Hall–Kier alpha value is -1.42. The highest BCUT2D eigenvalue weighted by atomic mass is 16.2. The minimum atomic E-state index is -0.425. The van der Waals surface area contributed by atoms with E-state index in [0.29, 0.717) is 13.0 Å². The molecule has 0 bridgehead atoms. The van der Waals surface area contributed by atoms with E-state index in [0.717, 1.165) is 5.56 Å². The first kappa shape index (κ1) is 13.6. The summed E-state index contributed by atoms with van der Waals surface area (Å²) in [6, 6.07) is 3.78. The molecular formula is C13H21N3O. The third-order valence-electron chi connectivity index (χ3n) is 2.92. The lowest BCUT2D eigenvalue weighted by Crippen LogP contribution is -2.39. The maximum Gasteiger partial charge on any atom is 0.226 e. The van der Waals surface area contributed by atoms with Crippen molar-refractivity contribution in [2.75, 3.05) is 6.54 Å². The number of carbonyl (C=O) groups excluding carboxylic acids is 1. The van der Waals surface area contributed by atoms with Crippen molar-refractivity contribution in [2.24, 2.45) is 11.1 Å². The zero-order valence-electron chi connectivity index (χ0n) is 10.7. The van der Waals surface area contributed by atoms with E-state index in [1.165, 1.54) is 0 Å². The molecule has 1 aromatic heterocycles. The predicted octanol–water partition coefficient (Wildman–Crippen LogP) is 1.63. The number of nitrogens with one attached hydrogen (secondary N) is 1. The standard InChI is InChI=1S/C13H21N3O/c1-10(11-5-4-8-15-9-11)16-12(17)13(2,3)6-7-14/h4-5,8-10H,6-7,14H2,1-3H3,(H,16,17)/t10-/m0/s1. The highest BCUT2D eigenvalue weighted by Gasteiger charge is 2.27.